The molecule has 29 heavy (non-hydrogen) atoms. The predicted molar refractivity (Wildman–Crippen MR) is 108 cm³/mol. The third-order valence-corrected chi connectivity index (χ3v) is 6.48. The summed E-state index contributed by atoms with van der Waals surface area (Å²) in [7, 11) is -0.847. The highest BCUT2D eigenvalue weighted by Gasteiger charge is 2.26. The highest BCUT2D eigenvalue weighted by Crippen LogP contribution is 2.28. The number of rotatable bonds is 7. The summed E-state index contributed by atoms with van der Waals surface area (Å²) < 4.78 is 38.5. The molecule has 0 aliphatic carbocycles. The van der Waals surface area contributed by atoms with Gasteiger partial charge in [0.05, 0.1) is 19.8 Å². The second kappa shape index (κ2) is 9.23. The molecule has 1 aliphatic heterocycles. The lowest BCUT2D eigenvalue weighted by atomic mass is 9.97. The Labute approximate surface area is 170 Å². The van der Waals surface area contributed by atoms with Crippen LogP contribution in [-0.4, -0.2) is 58.1 Å². The Kier molecular flexibility index (Phi) is 6.71. The Morgan fingerprint density at radius 3 is 2.59 bits per heavy atom. The predicted octanol–water partition coefficient (Wildman–Crippen LogP) is 1.93. The molecule has 0 spiro atoms. The summed E-state index contributed by atoms with van der Waals surface area (Å²) in [5.74, 6) is 0.807. The van der Waals surface area contributed by atoms with E-state index in [1.165, 1.54) is 20.3 Å². The second-order valence-electron chi connectivity index (χ2n) is 6.85. The van der Waals surface area contributed by atoms with Crippen molar-refractivity contribution in [1.82, 2.24) is 14.6 Å². The standard InChI is InChI=1S/C20H25N3O5S/c1-27-17-5-6-18(28-2)19(12-17)29(25,26)22-13-15-7-10-23(11-8-15)20(24)16-4-3-9-21-14-16/h3-6,9,12,14-15,22H,7-8,10-11,13H2,1-2H3. The monoisotopic (exact) mass is 419 g/mol. The minimum Gasteiger partial charge on any atom is -0.497 e. The maximum atomic E-state index is 12.8. The summed E-state index contributed by atoms with van der Waals surface area (Å²) in [6, 6.07) is 8.14. The first-order valence-corrected chi connectivity index (χ1v) is 10.8. The molecule has 8 nitrogen and oxygen atoms in total. The summed E-state index contributed by atoms with van der Waals surface area (Å²) in [5, 5.41) is 0. The summed E-state index contributed by atoms with van der Waals surface area (Å²) in [6.07, 6.45) is 4.64. The molecule has 1 N–H and O–H groups in total. The van der Waals surface area contributed by atoms with Crippen LogP contribution in [0.15, 0.2) is 47.6 Å². The molecule has 3 rings (SSSR count). The lowest BCUT2D eigenvalue weighted by molar-refractivity contribution is 0.0691. The number of nitrogens with one attached hydrogen (secondary N) is 1. The minimum absolute atomic E-state index is 0.0433. The summed E-state index contributed by atoms with van der Waals surface area (Å²) >= 11 is 0. The van der Waals surface area contributed by atoms with Gasteiger partial charge in [0, 0.05) is 38.1 Å². The van der Waals surface area contributed by atoms with Gasteiger partial charge in [-0.15, -0.1) is 0 Å². The van der Waals surface area contributed by atoms with Gasteiger partial charge in [-0.2, -0.15) is 0 Å². The van der Waals surface area contributed by atoms with E-state index in [0.29, 0.717) is 30.9 Å². The molecule has 156 valence electrons. The number of hydrogen-bond acceptors (Lipinski definition) is 6. The number of likely N-dealkylation sites (tertiary alicyclic amines) is 1. The molecule has 1 aromatic heterocycles. The number of methoxy groups -OCH3 is 2. The number of pyridine rings is 1. The first-order chi connectivity index (χ1) is 13.9. The van der Waals surface area contributed by atoms with Crippen molar-refractivity contribution in [2.45, 2.75) is 17.7 Å². The van der Waals surface area contributed by atoms with Crippen molar-refractivity contribution < 1.29 is 22.7 Å². The van der Waals surface area contributed by atoms with E-state index in [9.17, 15) is 13.2 Å². The van der Waals surface area contributed by atoms with Gasteiger partial charge >= 0.3 is 0 Å². The lowest BCUT2D eigenvalue weighted by Crippen LogP contribution is -2.41. The highest BCUT2D eigenvalue weighted by atomic mass is 32.2. The molecule has 0 radical (unpaired) electrons. The van der Waals surface area contributed by atoms with Crippen LogP contribution in [0.3, 0.4) is 0 Å². The van der Waals surface area contributed by atoms with Crippen LogP contribution in [0.4, 0.5) is 0 Å². The van der Waals surface area contributed by atoms with Crippen molar-refractivity contribution in [3.05, 3.63) is 48.3 Å². The van der Waals surface area contributed by atoms with Crippen LogP contribution in [0.5, 0.6) is 11.5 Å². The third kappa shape index (κ3) is 5.04. The number of aromatic nitrogens is 1. The van der Waals surface area contributed by atoms with E-state index in [2.05, 4.69) is 9.71 Å². The van der Waals surface area contributed by atoms with Gasteiger partial charge < -0.3 is 14.4 Å². The number of ether oxygens (including phenoxy) is 2. The first kappa shape index (κ1) is 21.1. The Morgan fingerprint density at radius 1 is 1.21 bits per heavy atom. The van der Waals surface area contributed by atoms with Crippen molar-refractivity contribution in [3.63, 3.8) is 0 Å². The van der Waals surface area contributed by atoms with Crippen LogP contribution < -0.4 is 14.2 Å². The molecule has 1 aromatic carbocycles. The number of carbonyl (C=O) groups is 1. The average Bonchev–Trinajstić information content (AvgIpc) is 2.77. The average molecular weight is 420 g/mol. The van der Waals surface area contributed by atoms with E-state index in [1.54, 1.807) is 41.6 Å². The van der Waals surface area contributed by atoms with Gasteiger partial charge in [0.15, 0.2) is 0 Å². The van der Waals surface area contributed by atoms with Crippen LogP contribution in [-0.2, 0) is 10.0 Å². The Morgan fingerprint density at radius 2 is 1.97 bits per heavy atom. The molecule has 1 saturated heterocycles. The molecule has 9 heteroatoms. The fourth-order valence-electron chi connectivity index (χ4n) is 3.31. The van der Waals surface area contributed by atoms with Gasteiger partial charge in [-0.1, -0.05) is 0 Å². The van der Waals surface area contributed by atoms with E-state index in [-0.39, 0.29) is 22.5 Å². The van der Waals surface area contributed by atoms with Crippen molar-refractivity contribution in [1.29, 1.82) is 0 Å². The zero-order chi connectivity index (χ0) is 20.9. The zero-order valence-electron chi connectivity index (χ0n) is 16.5. The first-order valence-electron chi connectivity index (χ1n) is 9.35. The van der Waals surface area contributed by atoms with E-state index in [0.717, 1.165) is 12.8 Å². The lowest BCUT2D eigenvalue weighted by Gasteiger charge is -2.32. The maximum absolute atomic E-state index is 12.8. The number of hydrogen-bond donors (Lipinski definition) is 1. The van der Waals surface area contributed by atoms with Gasteiger partial charge in [-0.25, -0.2) is 13.1 Å². The SMILES string of the molecule is COc1ccc(OC)c(S(=O)(=O)NCC2CCN(C(=O)c3cccnc3)CC2)c1. The number of nitrogens with zero attached hydrogens (tertiary/aromatic N) is 2. The fourth-order valence-corrected chi connectivity index (χ4v) is 4.61. The van der Waals surface area contributed by atoms with E-state index in [4.69, 9.17) is 9.47 Å². The maximum Gasteiger partial charge on any atom is 0.255 e. The van der Waals surface area contributed by atoms with Crippen molar-refractivity contribution in [2.75, 3.05) is 33.9 Å². The highest BCUT2D eigenvalue weighted by molar-refractivity contribution is 7.89. The number of benzene rings is 1. The van der Waals surface area contributed by atoms with Gasteiger partial charge in [-0.05, 0) is 43.0 Å². The van der Waals surface area contributed by atoms with Gasteiger partial charge in [0.25, 0.3) is 5.91 Å². The molecule has 0 unspecified atom stereocenters. The molecule has 2 aromatic rings. The largest absolute Gasteiger partial charge is 0.497 e. The molecular weight excluding hydrogens is 394 g/mol. The smallest absolute Gasteiger partial charge is 0.255 e. The van der Waals surface area contributed by atoms with Crippen LogP contribution in [0.2, 0.25) is 0 Å². The van der Waals surface area contributed by atoms with E-state index >= 15 is 0 Å². The fraction of sp³-hybridized carbons (Fsp3) is 0.400. The molecule has 1 aliphatic rings. The minimum atomic E-state index is -3.75. The van der Waals surface area contributed by atoms with Gasteiger partial charge in [-0.3, -0.25) is 9.78 Å². The molecule has 1 fully saturated rings. The number of carbonyl (C=O) groups excluding carboxylic acids is 1. The van der Waals surface area contributed by atoms with Crippen LogP contribution >= 0.6 is 0 Å². The molecule has 0 atom stereocenters. The molecule has 0 saturated carbocycles. The van der Waals surface area contributed by atoms with E-state index in [1.807, 2.05) is 0 Å². The topological polar surface area (TPSA) is 97.8 Å². The number of piperidine rings is 1. The van der Waals surface area contributed by atoms with Gasteiger partial charge in [0.1, 0.15) is 16.4 Å². The Bertz CT molecular complexity index is 942. The van der Waals surface area contributed by atoms with Crippen molar-refractivity contribution >= 4 is 15.9 Å². The summed E-state index contributed by atoms with van der Waals surface area (Å²) in [4.78, 5) is 18.3. The Balaban J connectivity index is 1.58. The van der Waals surface area contributed by atoms with Gasteiger partial charge in [0.2, 0.25) is 10.0 Å². The summed E-state index contributed by atoms with van der Waals surface area (Å²) in [6.45, 7) is 1.48. The molecule has 1 amide bonds. The summed E-state index contributed by atoms with van der Waals surface area (Å²) in [5.41, 5.74) is 0.566. The molecule has 2 heterocycles. The van der Waals surface area contributed by atoms with Crippen molar-refractivity contribution in [2.24, 2.45) is 5.92 Å². The van der Waals surface area contributed by atoms with Crippen LogP contribution in [0.25, 0.3) is 0 Å². The van der Waals surface area contributed by atoms with Crippen LogP contribution in [0.1, 0.15) is 23.2 Å². The number of amides is 1. The van der Waals surface area contributed by atoms with E-state index < -0.39 is 10.0 Å². The quantitative estimate of drug-likeness (QED) is 0.736. The third-order valence-electron chi connectivity index (χ3n) is 5.03. The normalized spacial score (nSPS) is 15.2. The van der Waals surface area contributed by atoms with Crippen LogP contribution in [0, 0.1) is 5.92 Å². The number of sulfonamides is 1. The Hall–Kier alpha value is -2.65. The second-order valence-corrected chi connectivity index (χ2v) is 8.58. The van der Waals surface area contributed by atoms with Crippen molar-refractivity contribution in [3.8, 4) is 11.5 Å². The zero-order valence-corrected chi connectivity index (χ0v) is 17.3. The molecular formula is C20H25N3O5S. The molecule has 0 bridgehead atoms.